The lowest BCUT2D eigenvalue weighted by Crippen LogP contribution is -2.52. The average molecular weight is 526 g/mol. The van der Waals surface area contributed by atoms with Crippen LogP contribution in [0.5, 0.6) is 0 Å². The van der Waals surface area contributed by atoms with Crippen LogP contribution in [0.15, 0.2) is 48.5 Å². The fourth-order valence-electron chi connectivity index (χ4n) is 4.83. The van der Waals surface area contributed by atoms with Gasteiger partial charge in [-0.3, -0.25) is 0 Å². The molecule has 0 aromatic heterocycles. The van der Waals surface area contributed by atoms with Gasteiger partial charge in [-0.25, -0.2) is 0 Å². The zero-order valence-electron chi connectivity index (χ0n) is 23.2. The van der Waals surface area contributed by atoms with Crippen LogP contribution in [-0.4, -0.2) is 25.2 Å². The molecule has 2 aromatic rings. The van der Waals surface area contributed by atoms with Gasteiger partial charge in [0.1, 0.15) is 0 Å². The first kappa shape index (κ1) is 29.7. The smallest absolute Gasteiger partial charge is 0.311 e. The Morgan fingerprint density at radius 1 is 0.657 bits per heavy atom. The zero-order chi connectivity index (χ0) is 26.0. The molecule has 192 valence electrons. The van der Waals surface area contributed by atoms with E-state index < -0.39 is 25.2 Å². The van der Waals surface area contributed by atoms with Crippen LogP contribution in [0, 0.1) is 11.3 Å². The van der Waals surface area contributed by atoms with Crippen LogP contribution in [0.4, 0.5) is 0 Å². The van der Waals surface area contributed by atoms with E-state index in [9.17, 15) is 0 Å². The van der Waals surface area contributed by atoms with Crippen molar-refractivity contribution in [3.8, 4) is 17.2 Å². The maximum atomic E-state index is 8.99. The molecule has 35 heavy (non-hydrogen) atoms. The van der Waals surface area contributed by atoms with Crippen LogP contribution in [-0.2, 0) is 14.7 Å². The molecule has 0 N–H and O–H groups in total. The minimum atomic E-state index is -2.15. The van der Waals surface area contributed by atoms with E-state index in [1.54, 1.807) is 0 Å². The number of unbranched alkanes of at least 4 members (excludes halogenated alkanes) is 5. The number of aryl methyl sites for hydroxylation is 1. The quantitative estimate of drug-likeness (QED) is 0.172. The SMILES string of the molecule is CCCCCCCC[Si](C)(C)O[Si](C)(C)O[Si](C)(C)CCc1ccc(-c2ccc(C#N)cc2)cc1. The summed E-state index contributed by atoms with van der Waals surface area (Å²) in [5.74, 6) is 0. The lowest BCUT2D eigenvalue weighted by Gasteiger charge is -2.39. The van der Waals surface area contributed by atoms with Crippen molar-refractivity contribution in [1.29, 1.82) is 5.26 Å². The summed E-state index contributed by atoms with van der Waals surface area (Å²) in [6, 6.07) is 21.1. The molecule has 3 nitrogen and oxygen atoms in total. The van der Waals surface area contributed by atoms with Crippen molar-refractivity contribution in [1.82, 2.24) is 0 Å². The minimum Gasteiger partial charge on any atom is -0.437 e. The number of nitriles is 1. The summed E-state index contributed by atoms with van der Waals surface area (Å²) in [5, 5.41) is 8.99. The molecule has 0 aliphatic heterocycles. The lowest BCUT2D eigenvalue weighted by molar-refractivity contribution is 0.387. The summed E-state index contributed by atoms with van der Waals surface area (Å²) >= 11 is 0. The molecule has 0 bridgehead atoms. The van der Waals surface area contributed by atoms with Gasteiger partial charge in [-0.05, 0) is 86.6 Å². The molecule has 0 aliphatic carbocycles. The summed E-state index contributed by atoms with van der Waals surface area (Å²) in [4.78, 5) is 0. The van der Waals surface area contributed by atoms with Gasteiger partial charge >= 0.3 is 8.56 Å². The predicted octanol–water partition coefficient (Wildman–Crippen LogP) is 9.27. The first-order valence-corrected chi connectivity index (χ1v) is 22.5. The molecule has 0 radical (unpaired) electrons. The number of hydrogen-bond acceptors (Lipinski definition) is 3. The fourth-order valence-corrected chi connectivity index (χ4v) is 18.8. The van der Waals surface area contributed by atoms with Crippen LogP contribution in [0.1, 0.15) is 56.6 Å². The van der Waals surface area contributed by atoms with E-state index in [1.165, 1.54) is 55.7 Å². The molecule has 0 unspecified atom stereocenters. The first-order chi connectivity index (χ1) is 16.5. The molecule has 0 aliphatic rings. The highest BCUT2D eigenvalue weighted by Gasteiger charge is 2.39. The maximum Gasteiger partial charge on any atom is 0.311 e. The predicted molar refractivity (Wildman–Crippen MR) is 158 cm³/mol. The van der Waals surface area contributed by atoms with Gasteiger partial charge in [0.15, 0.2) is 16.6 Å². The zero-order valence-corrected chi connectivity index (χ0v) is 26.2. The van der Waals surface area contributed by atoms with Gasteiger partial charge in [0, 0.05) is 0 Å². The number of nitrogens with zero attached hydrogens (tertiary/aromatic N) is 1. The second-order valence-corrected chi connectivity index (χ2v) is 24.0. The number of rotatable bonds is 15. The number of hydrogen-bond donors (Lipinski definition) is 0. The molecule has 0 saturated heterocycles. The highest BCUT2D eigenvalue weighted by molar-refractivity contribution is 6.87. The monoisotopic (exact) mass is 525 g/mol. The van der Waals surface area contributed by atoms with E-state index in [2.05, 4.69) is 76.5 Å². The van der Waals surface area contributed by atoms with Crippen molar-refractivity contribution >= 4 is 25.2 Å². The molecule has 0 saturated carbocycles. The van der Waals surface area contributed by atoms with Crippen LogP contribution < -0.4 is 0 Å². The van der Waals surface area contributed by atoms with Gasteiger partial charge in [0.05, 0.1) is 11.6 Å². The molecule has 2 rings (SSSR count). The molecular weight excluding hydrogens is 479 g/mol. The third-order valence-electron chi connectivity index (χ3n) is 6.49. The van der Waals surface area contributed by atoms with Gasteiger partial charge in [0.25, 0.3) is 0 Å². The second-order valence-electron chi connectivity index (χ2n) is 11.5. The van der Waals surface area contributed by atoms with Crippen molar-refractivity contribution in [2.45, 2.75) is 103 Å². The molecule has 0 amide bonds. The van der Waals surface area contributed by atoms with Crippen molar-refractivity contribution in [3.05, 3.63) is 59.7 Å². The topological polar surface area (TPSA) is 42.2 Å². The Balaban J connectivity index is 1.84. The van der Waals surface area contributed by atoms with Crippen molar-refractivity contribution in [2.24, 2.45) is 0 Å². The van der Waals surface area contributed by atoms with Crippen LogP contribution in [0.25, 0.3) is 11.1 Å². The standard InChI is InChI=1S/C29H47NO2Si3/c1-8-9-10-11-12-13-23-33(2,3)31-35(6,7)32-34(4,5)24-22-26-14-18-28(19-15-26)29-20-16-27(25-30)17-21-29/h14-21H,8-13,22-24H2,1-7H3. The minimum absolute atomic E-state index is 0.696. The Morgan fingerprint density at radius 3 is 1.69 bits per heavy atom. The van der Waals surface area contributed by atoms with Crippen molar-refractivity contribution < 1.29 is 8.23 Å². The maximum absolute atomic E-state index is 8.99. The molecule has 0 fully saturated rings. The Morgan fingerprint density at radius 2 is 1.14 bits per heavy atom. The Labute approximate surface area is 218 Å². The van der Waals surface area contributed by atoms with Crippen LogP contribution >= 0.6 is 0 Å². The van der Waals surface area contributed by atoms with Gasteiger partial charge in [-0.2, -0.15) is 5.26 Å². The second kappa shape index (κ2) is 13.7. The van der Waals surface area contributed by atoms with Crippen LogP contribution in [0.2, 0.25) is 51.4 Å². The largest absolute Gasteiger partial charge is 0.437 e. The Bertz CT molecular complexity index is 932. The van der Waals surface area contributed by atoms with Gasteiger partial charge in [-0.1, -0.05) is 81.8 Å². The van der Waals surface area contributed by atoms with E-state index in [-0.39, 0.29) is 0 Å². The molecule has 0 atom stereocenters. The summed E-state index contributed by atoms with van der Waals surface area (Å²) in [6.45, 7) is 16.2. The normalized spacial score (nSPS) is 12.5. The first-order valence-electron chi connectivity index (χ1n) is 13.5. The summed E-state index contributed by atoms with van der Waals surface area (Å²) in [5.41, 5.74) is 4.38. The molecule has 0 heterocycles. The summed E-state index contributed by atoms with van der Waals surface area (Å²) in [7, 11) is -5.69. The van der Waals surface area contributed by atoms with Gasteiger partial charge in [-0.15, -0.1) is 0 Å². The molecule has 6 heteroatoms. The van der Waals surface area contributed by atoms with Crippen molar-refractivity contribution in [3.63, 3.8) is 0 Å². The van der Waals surface area contributed by atoms with E-state index in [0.717, 1.165) is 18.0 Å². The van der Waals surface area contributed by atoms with Crippen molar-refractivity contribution in [2.75, 3.05) is 0 Å². The van der Waals surface area contributed by atoms with Crippen LogP contribution in [0.3, 0.4) is 0 Å². The number of benzene rings is 2. The molecule has 0 spiro atoms. The summed E-state index contributed by atoms with van der Waals surface area (Å²) in [6.07, 6.45) is 9.09. The van der Waals surface area contributed by atoms with E-state index >= 15 is 0 Å². The fraction of sp³-hybridized carbons (Fsp3) is 0.552. The molecular formula is C29H47NO2Si3. The average Bonchev–Trinajstić information content (AvgIpc) is 2.79. The highest BCUT2D eigenvalue weighted by Crippen LogP contribution is 2.27. The Kier molecular flexibility index (Phi) is 11.6. The summed E-state index contributed by atoms with van der Waals surface area (Å²) < 4.78 is 13.6. The van der Waals surface area contributed by atoms with E-state index in [4.69, 9.17) is 13.5 Å². The molecule has 2 aromatic carbocycles. The van der Waals surface area contributed by atoms with E-state index in [1.807, 2.05) is 24.3 Å². The third-order valence-corrected chi connectivity index (χ3v) is 17.9. The van der Waals surface area contributed by atoms with Gasteiger partial charge < -0.3 is 8.23 Å². The van der Waals surface area contributed by atoms with E-state index in [0.29, 0.717) is 5.56 Å². The Hall–Kier alpha value is -1.50. The highest BCUT2D eigenvalue weighted by atomic mass is 28.5. The lowest BCUT2D eigenvalue weighted by atomic mass is 10.0. The van der Waals surface area contributed by atoms with Gasteiger partial charge in [0.2, 0.25) is 0 Å². The third kappa shape index (κ3) is 11.4.